The van der Waals surface area contributed by atoms with Crippen LogP contribution in [-0.2, 0) is 13.6 Å². The average molecular weight is 476 g/mol. The molecular weight excluding hydrogens is 449 g/mol. The summed E-state index contributed by atoms with van der Waals surface area (Å²) in [6, 6.07) is 10.7. The zero-order valence-corrected chi connectivity index (χ0v) is 19.0. The molecule has 0 spiro atoms. The molecule has 1 aliphatic rings. The number of benzene rings is 2. The van der Waals surface area contributed by atoms with Crippen LogP contribution < -0.4 is 15.8 Å². The first-order valence-electron chi connectivity index (χ1n) is 10.9. The van der Waals surface area contributed by atoms with Gasteiger partial charge in [-0.2, -0.15) is 13.2 Å². The molecule has 0 amide bonds. The molecule has 2 aromatic carbocycles. The minimum atomic E-state index is -3.67. The van der Waals surface area contributed by atoms with Gasteiger partial charge in [-0.15, -0.1) is 0 Å². The predicted molar refractivity (Wildman–Crippen MR) is 126 cm³/mol. The summed E-state index contributed by atoms with van der Waals surface area (Å²) in [5, 5.41) is 13.2. The molecule has 2 N–H and O–H groups in total. The standard InChI is InChI=1S/C23H26N4O3.CHF3/c1-15-12-16(14-24-19-9-5-4-8-17(19)22(29)30)20-18(13-15)21(28)26(2)23(25-20)27-10-6-3-7-11-27;2-1(3)4/h4-5,8-9,12-13,24H,3,6-7,10-11,14H2,1-2H3,(H,29,30);1H. The smallest absolute Gasteiger partial charge is 0.379 e. The van der Waals surface area contributed by atoms with Gasteiger partial charge in [-0.3, -0.25) is 9.36 Å². The monoisotopic (exact) mass is 476 g/mol. The van der Waals surface area contributed by atoms with Gasteiger partial charge in [-0.05, 0) is 55.5 Å². The number of halogens is 3. The van der Waals surface area contributed by atoms with E-state index in [0.717, 1.165) is 37.1 Å². The number of carboxylic acids is 1. The SMILES string of the molecule is Cc1cc(CNc2ccccc2C(=O)O)c2nc(N3CCCCC3)n(C)c(=O)c2c1.FC(F)F. The third kappa shape index (κ3) is 5.86. The van der Waals surface area contributed by atoms with Crippen LogP contribution in [0.25, 0.3) is 10.9 Å². The number of aromatic nitrogens is 2. The van der Waals surface area contributed by atoms with Crippen LogP contribution >= 0.6 is 0 Å². The molecule has 0 bridgehead atoms. The van der Waals surface area contributed by atoms with E-state index in [1.165, 1.54) is 6.42 Å². The van der Waals surface area contributed by atoms with Crippen molar-refractivity contribution in [2.75, 3.05) is 23.3 Å². The van der Waals surface area contributed by atoms with Gasteiger partial charge in [-0.25, -0.2) is 9.78 Å². The number of rotatable bonds is 5. The van der Waals surface area contributed by atoms with Gasteiger partial charge in [0.2, 0.25) is 5.95 Å². The number of alkyl halides is 3. The molecule has 1 aliphatic heterocycles. The summed E-state index contributed by atoms with van der Waals surface area (Å²) in [5.41, 5.74) is 3.21. The largest absolute Gasteiger partial charge is 0.478 e. The van der Waals surface area contributed by atoms with Crippen LogP contribution in [0.15, 0.2) is 41.2 Å². The lowest BCUT2D eigenvalue weighted by molar-refractivity contribution is 0.00817. The van der Waals surface area contributed by atoms with Crippen LogP contribution in [0.5, 0.6) is 0 Å². The molecule has 0 aliphatic carbocycles. The summed E-state index contributed by atoms with van der Waals surface area (Å²) >= 11 is 0. The Bertz CT molecular complexity index is 1220. The third-order valence-corrected chi connectivity index (χ3v) is 5.65. The van der Waals surface area contributed by atoms with Crippen LogP contribution in [0.3, 0.4) is 0 Å². The van der Waals surface area contributed by atoms with E-state index in [0.29, 0.717) is 29.1 Å². The van der Waals surface area contributed by atoms with Gasteiger partial charge < -0.3 is 15.3 Å². The first kappa shape index (κ1) is 25.1. The average Bonchev–Trinajstić information content (AvgIpc) is 2.80. The number of hydrogen-bond acceptors (Lipinski definition) is 5. The van der Waals surface area contributed by atoms with Crippen molar-refractivity contribution < 1.29 is 23.1 Å². The molecular formula is C24H27F3N4O3. The fourth-order valence-corrected chi connectivity index (χ4v) is 4.12. The summed E-state index contributed by atoms with van der Waals surface area (Å²) in [4.78, 5) is 31.7. The molecule has 4 rings (SSSR count). The number of para-hydroxylation sites is 1. The summed E-state index contributed by atoms with van der Waals surface area (Å²) in [7, 11) is 1.78. The van der Waals surface area contributed by atoms with Crippen molar-refractivity contribution >= 4 is 28.5 Å². The number of nitrogens with zero attached hydrogens (tertiary/aromatic N) is 3. The molecule has 1 fully saturated rings. The number of carbonyl (C=O) groups is 1. The summed E-state index contributed by atoms with van der Waals surface area (Å²) in [6.45, 7) is 0.461. The zero-order chi connectivity index (χ0) is 24.8. The first-order chi connectivity index (χ1) is 16.2. The molecule has 7 nitrogen and oxygen atoms in total. The highest BCUT2D eigenvalue weighted by Gasteiger charge is 2.19. The van der Waals surface area contributed by atoms with E-state index in [1.54, 1.807) is 35.9 Å². The van der Waals surface area contributed by atoms with Crippen LogP contribution in [0, 0.1) is 6.92 Å². The van der Waals surface area contributed by atoms with E-state index in [-0.39, 0.29) is 11.1 Å². The molecule has 1 aromatic heterocycles. The molecule has 0 saturated carbocycles. The van der Waals surface area contributed by atoms with Crippen LogP contribution in [0.2, 0.25) is 0 Å². The van der Waals surface area contributed by atoms with Gasteiger partial charge in [0.15, 0.2) is 0 Å². The molecule has 10 heteroatoms. The molecule has 0 unspecified atom stereocenters. The Balaban J connectivity index is 0.000000751. The normalized spacial score (nSPS) is 13.5. The van der Waals surface area contributed by atoms with Crippen molar-refractivity contribution in [3.63, 3.8) is 0 Å². The highest BCUT2D eigenvalue weighted by Crippen LogP contribution is 2.24. The van der Waals surface area contributed by atoms with Gasteiger partial charge in [0.1, 0.15) is 0 Å². The maximum atomic E-state index is 13.1. The molecule has 3 aromatic rings. The lowest BCUT2D eigenvalue weighted by atomic mass is 10.1. The molecule has 34 heavy (non-hydrogen) atoms. The van der Waals surface area contributed by atoms with Crippen LogP contribution in [0.4, 0.5) is 24.8 Å². The Hall–Kier alpha value is -3.56. The molecule has 2 heterocycles. The third-order valence-electron chi connectivity index (χ3n) is 5.65. The fraction of sp³-hybridized carbons (Fsp3) is 0.375. The van der Waals surface area contributed by atoms with Crippen LogP contribution in [-0.4, -0.2) is 40.4 Å². The second-order valence-corrected chi connectivity index (χ2v) is 8.10. The number of aromatic carboxylic acids is 1. The Morgan fingerprint density at radius 1 is 1.15 bits per heavy atom. The van der Waals surface area contributed by atoms with Gasteiger partial charge in [-0.1, -0.05) is 18.2 Å². The maximum absolute atomic E-state index is 13.1. The van der Waals surface area contributed by atoms with Gasteiger partial charge >= 0.3 is 12.6 Å². The van der Waals surface area contributed by atoms with E-state index in [2.05, 4.69) is 10.2 Å². The highest BCUT2D eigenvalue weighted by molar-refractivity contribution is 5.94. The van der Waals surface area contributed by atoms with Crippen molar-refractivity contribution in [3.05, 3.63) is 63.4 Å². The number of carboxylic acid groups (broad SMARTS) is 1. The van der Waals surface area contributed by atoms with Crippen molar-refractivity contribution in [2.24, 2.45) is 7.05 Å². The summed E-state index contributed by atoms with van der Waals surface area (Å²) in [5.74, 6) is -0.283. The Kier molecular flexibility index (Phi) is 8.14. The van der Waals surface area contributed by atoms with E-state index >= 15 is 0 Å². The lowest BCUT2D eigenvalue weighted by Gasteiger charge is -2.29. The second kappa shape index (κ2) is 11.0. The Morgan fingerprint density at radius 2 is 1.79 bits per heavy atom. The van der Waals surface area contributed by atoms with Crippen LogP contribution in [0.1, 0.15) is 40.7 Å². The molecule has 0 atom stereocenters. The number of nitrogens with one attached hydrogen (secondary N) is 1. The fourth-order valence-electron chi connectivity index (χ4n) is 4.12. The Labute approximate surface area is 194 Å². The molecule has 1 saturated heterocycles. The zero-order valence-electron chi connectivity index (χ0n) is 19.0. The lowest BCUT2D eigenvalue weighted by Crippen LogP contribution is -2.35. The van der Waals surface area contributed by atoms with Gasteiger partial charge in [0.25, 0.3) is 5.56 Å². The molecule has 0 radical (unpaired) electrons. The predicted octanol–water partition coefficient (Wildman–Crippen LogP) is 4.72. The maximum Gasteiger partial charge on any atom is 0.379 e. The number of fused-ring (bicyclic) bond motifs is 1. The molecule has 182 valence electrons. The number of aryl methyl sites for hydroxylation is 1. The van der Waals surface area contributed by atoms with E-state index in [1.807, 2.05) is 19.1 Å². The minimum absolute atomic E-state index is 0.0588. The first-order valence-corrected chi connectivity index (χ1v) is 10.9. The van der Waals surface area contributed by atoms with Crippen molar-refractivity contribution in [2.45, 2.75) is 39.4 Å². The summed E-state index contributed by atoms with van der Waals surface area (Å²) < 4.78 is 30.6. The number of anilines is 2. The number of hydrogen-bond donors (Lipinski definition) is 2. The quantitative estimate of drug-likeness (QED) is 0.554. The Morgan fingerprint density at radius 3 is 2.44 bits per heavy atom. The van der Waals surface area contributed by atoms with Crippen molar-refractivity contribution in [1.82, 2.24) is 9.55 Å². The van der Waals surface area contributed by atoms with Gasteiger partial charge in [0, 0.05) is 32.4 Å². The van der Waals surface area contributed by atoms with Crippen molar-refractivity contribution in [3.8, 4) is 0 Å². The van der Waals surface area contributed by atoms with E-state index < -0.39 is 12.6 Å². The highest BCUT2D eigenvalue weighted by atomic mass is 19.4. The van der Waals surface area contributed by atoms with E-state index in [9.17, 15) is 27.9 Å². The number of piperidine rings is 1. The second-order valence-electron chi connectivity index (χ2n) is 8.10. The minimum Gasteiger partial charge on any atom is -0.478 e. The summed E-state index contributed by atoms with van der Waals surface area (Å²) in [6.07, 6.45) is 3.40. The van der Waals surface area contributed by atoms with E-state index in [4.69, 9.17) is 4.98 Å². The topological polar surface area (TPSA) is 87.5 Å². The van der Waals surface area contributed by atoms with Crippen molar-refractivity contribution in [1.29, 1.82) is 0 Å². The van der Waals surface area contributed by atoms with Gasteiger partial charge in [0.05, 0.1) is 16.5 Å².